The number of unbranched alkanes of at least 4 members (excludes halogenated alkanes) is 10. The molecule has 25 heteroatoms. The topological polar surface area (TPSA) is 277 Å². The number of aryl methyl sites for hydroxylation is 1. The Morgan fingerprint density at radius 2 is 1.39 bits per heavy atom. The first-order valence-corrected chi connectivity index (χ1v) is 38.6. The van der Waals surface area contributed by atoms with Crippen molar-refractivity contribution in [3.63, 3.8) is 0 Å². The van der Waals surface area contributed by atoms with Crippen LogP contribution in [0, 0.1) is 5.41 Å². The van der Waals surface area contributed by atoms with E-state index in [1.165, 1.54) is 23.5 Å². The van der Waals surface area contributed by atoms with E-state index in [1.807, 2.05) is 78.7 Å². The lowest BCUT2D eigenvalue weighted by Crippen LogP contribution is -2.56. The molecule has 3 aliphatic rings. The monoisotopic (exact) mass is 1390 g/mol. The highest BCUT2D eigenvalue weighted by molar-refractivity contribution is 7.91. The molecule has 5 aromatic rings. The van der Waals surface area contributed by atoms with Gasteiger partial charge in [-0.3, -0.25) is 24.3 Å². The maximum Gasteiger partial charge on any atom is 0.314 e. The fourth-order valence-corrected chi connectivity index (χ4v) is 15.8. The number of nitrogens with one attached hydrogen (secondary N) is 6. The largest absolute Gasteiger partial charge is 0.456 e. The summed E-state index contributed by atoms with van der Waals surface area (Å²) in [5, 5.41) is 26.5. The van der Waals surface area contributed by atoms with E-state index in [0.29, 0.717) is 83.7 Å². The van der Waals surface area contributed by atoms with Crippen LogP contribution in [0.25, 0.3) is 33.4 Å². The quantitative estimate of drug-likeness (QED) is 0.00836. The second-order valence-corrected chi connectivity index (χ2v) is 29.9. The lowest BCUT2D eigenvalue weighted by atomic mass is 9.93. The third kappa shape index (κ3) is 21.4. The summed E-state index contributed by atoms with van der Waals surface area (Å²) in [4.78, 5) is 59.0. The number of likely N-dealkylation sites (tertiary alicyclic amines) is 1. The Morgan fingerprint density at radius 3 is 2.03 bits per heavy atom. The minimum Gasteiger partial charge on any atom is -0.456 e. The average molecular weight is 1390 g/mol. The number of piperidine rings is 1. The Hall–Kier alpha value is -7.71. The normalized spacial score (nSPS) is 13.7. The number of urea groups is 1. The van der Waals surface area contributed by atoms with Crippen LogP contribution in [0.2, 0.25) is 0 Å². The zero-order valence-corrected chi connectivity index (χ0v) is 60.1. The van der Waals surface area contributed by atoms with Crippen molar-refractivity contribution in [3.8, 4) is 22.5 Å². The molecule has 2 aromatic heterocycles. The molecule has 3 aromatic carbocycles. The predicted octanol–water partition coefficient (Wildman–Crippen LogP) is 8.47. The van der Waals surface area contributed by atoms with Crippen molar-refractivity contribution in [2.24, 2.45) is 14.1 Å². The van der Waals surface area contributed by atoms with Gasteiger partial charge in [-0.2, -0.15) is 8.42 Å². The van der Waals surface area contributed by atoms with Crippen LogP contribution in [0.4, 0.5) is 10.5 Å². The molecule has 97 heavy (non-hydrogen) atoms. The number of anilines is 1. The Kier molecular flexibility index (Phi) is 28.0. The molecule has 0 saturated carbocycles. The van der Waals surface area contributed by atoms with Crippen molar-refractivity contribution < 1.29 is 49.6 Å². The molecule has 22 nitrogen and oxygen atoms in total. The van der Waals surface area contributed by atoms with Gasteiger partial charge in [-0.25, -0.2) is 26.9 Å². The third-order valence-electron chi connectivity index (χ3n) is 18.6. The van der Waals surface area contributed by atoms with E-state index in [1.54, 1.807) is 17.0 Å². The molecule has 526 valence electrons. The van der Waals surface area contributed by atoms with E-state index < -0.39 is 42.8 Å². The molecular formula is C72H102N12O10S3+2. The lowest BCUT2D eigenvalue weighted by Gasteiger charge is -2.31. The number of sulfone groups is 1. The van der Waals surface area contributed by atoms with E-state index in [2.05, 4.69) is 92.4 Å². The number of amides is 5. The Balaban J connectivity index is 0.755. The number of fused-ring (bicyclic) bond motifs is 2. The number of benzene rings is 4. The first-order valence-electron chi connectivity index (χ1n) is 34.6. The lowest BCUT2D eigenvalue weighted by molar-refractivity contribution is -0.688. The summed E-state index contributed by atoms with van der Waals surface area (Å²) in [5.74, 6) is -0.786. The number of imidazole rings is 1. The van der Waals surface area contributed by atoms with Crippen LogP contribution in [0.15, 0.2) is 117 Å². The van der Waals surface area contributed by atoms with Crippen LogP contribution in [-0.4, -0.2) is 142 Å². The number of hydrogen-bond acceptors (Lipinski definition) is 13. The van der Waals surface area contributed by atoms with Gasteiger partial charge in [0.2, 0.25) is 29.4 Å². The van der Waals surface area contributed by atoms with Gasteiger partial charge in [0, 0.05) is 96.7 Å². The van der Waals surface area contributed by atoms with Gasteiger partial charge in [-0.15, -0.1) is 11.3 Å². The van der Waals surface area contributed by atoms with Gasteiger partial charge in [0.1, 0.15) is 59.8 Å². The first kappa shape index (κ1) is 75.1. The summed E-state index contributed by atoms with van der Waals surface area (Å²) in [6, 6.07) is 23.4. The Morgan fingerprint density at radius 1 is 0.742 bits per heavy atom. The molecule has 1 saturated heterocycles. The standard InChI is InChI=1S/C72H100N12O10S3/c1-8-83(9-2)54-30-33-59-64(44-54)94-65-45-55(84(10-3)11-4)31-34-60(65)68(59)61-35-32-58(47-66(61)97(91,92)93)96(89,90)42-26-19-17-15-13-12-14-16-18-24-38-74-72(88)75-39-25-23-29-62(77-67(85)46-57-50-95-71(73)81(57)7)69(86)78-63(70(87)76-53-36-40-79(5)41-37-53)43-56-49-82(51-80(56)6)48-52-27-21-20-22-28-52/h20-22,27-28,30-35,44-45,47,49-51,53,62-63,73H,8-19,23-26,29,36-43,46,48H2,1-7H3,(H4-2,74,75,76,77,78,85,86,87,88,91,92,93)/p+2/t62-,63-/m0/s1. The highest BCUT2D eigenvalue weighted by Gasteiger charge is 2.32. The summed E-state index contributed by atoms with van der Waals surface area (Å²) in [7, 11) is -3.11. The van der Waals surface area contributed by atoms with Gasteiger partial charge in [-0.1, -0.05) is 87.8 Å². The number of carbonyl (C=O) groups excluding carboxylic acids is 4. The molecular weight excluding hydrogens is 1290 g/mol. The summed E-state index contributed by atoms with van der Waals surface area (Å²) >= 11 is 1.22. The van der Waals surface area contributed by atoms with Crippen LogP contribution in [0.3, 0.4) is 0 Å². The maximum atomic E-state index is 14.4. The molecule has 1 aliphatic carbocycles. The van der Waals surface area contributed by atoms with Crippen LogP contribution in [0.1, 0.15) is 141 Å². The van der Waals surface area contributed by atoms with Gasteiger partial charge >= 0.3 is 6.03 Å². The zero-order valence-electron chi connectivity index (χ0n) is 57.7. The van der Waals surface area contributed by atoms with Gasteiger partial charge < -0.3 is 45.4 Å². The van der Waals surface area contributed by atoms with Crippen molar-refractivity contribution in [1.82, 2.24) is 45.2 Å². The molecule has 7 N–H and O–H groups in total. The highest BCUT2D eigenvalue weighted by atomic mass is 32.2. The minimum absolute atomic E-state index is 0.0297. The van der Waals surface area contributed by atoms with Crippen molar-refractivity contribution in [1.29, 1.82) is 5.41 Å². The molecule has 5 amide bonds. The van der Waals surface area contributed by atoms with Crippen LogP contribution in [-0.2, 0) is 67.8 Å². The van der Waals surface area contributed by atoms with Crippen LogP contribution < -0.4 is 50.8 Å². The second kappa shape index (κ2) is 36.2. The van der Waals surface area contributed by atoms with E-state index in [0.717, 1.165) is 132 Å². The Labute approximate surface area is 576 Å². The van der Waals surface area contributed by atoms with E-state index in [-0.39, 0.29) is 59.4 Å². The molecule has 0 bridgehead atoms. The van der Waals surface area contributed by atoms with Crippen molar-refractivity contribution in [3.05, 3.63) is 130 Å². The maximum absolute atomic E-state index is 14.4. The van der Waals surface area contributed by atoms with Gasteiger partial charge in [-0.05, 0) is 129 Å². The fraction of sp³-hybridized carbons (Fsp3) is 0.514. The molecule has 2 aliphatic heterocycles. The molecule has 0 radical (unpaired) electrons. The number of carbonyl (C=O) groups is 4. The zero-order chi connectivity index (χ0) is 69.7. The second-order valence-electron chi connectivity index (χ2n) is 25.6. The molecule has 0 spiro atoms. The third-order valence-corrected chi connectivity index (χ3v) is 22.2. The van der Waals surface area contributed by atoms with Gasteiger partial charge in [0.05, 0.1) is 30.2 Å². The molecule has 0 unspecified atom stereocenters. The molecule has 1 fully saturated rings. The number of hydrogen-bond donors (Lipinski definition) is 7. The number of nitrogens with zero attached hydrogens (tertiary/aromatic N) is 6. The molecule has 8 rings (SSSR count). The number of thiazole rings is 1. The van der Waals surface area contributed by atoms with E-state index in [4.69, 9.17) is 9.83 Å². The predicted molar refractivity (Wildman–Crippen MR) is 382 cm³/mol. The minimum atomic E-state index is -4.91. The van der Waals surface area contributed by atoms with Crippen molar-refractivity contribution >= 4 is 71.7 Å². The van der Waals surface area contributed by atoms with Crippen LogP contribution in [0.5, 0.6) is 0 Å². The Bertz CT molecular complexity index is 4110. The summed E-state index contributed by atoms with van der Waals surface area (Å²) < 4.78 is 79.2. The summed E-state index contributed by atoms with van der Waals surface area (Å²) in [5.41, 5.74) is 5.38. The van der Waals surface area contributed by atoms with Crippen molar-refractivity contribution in [2.75, 3.05) is 70.1 Å². The number of aromatic nitrogens is 3. The van der Waals surface area contributed by atoms with Gasteiger partial charge in [0.25, 0.3) is 10.1 Å². The van der Waals surface area contributed by atoms with Gasteiger partial charge in [0.15, 0.2) is 14.6 Å². The fourth-order valence-electron chi connectivity index (χ4n) is 12.8. The van der Waals surface area contributed by atoms with Crippen LogP contribution >= 0.6 is 11.3 Å². The number of rotatable bonds is 37. The van der Waals surface area contributed by atoms with E-state index in [9.17, 15) is 40.6 Å². The smallest absolute Gasteiger partial charge is 0.314 e. The molecule has 2 atom stereocenters. The van der Waals surface area contributed by atoms with Crippen molar-refractivity contribution in [2.45, 2.75) is 171 Å². The summed E-state index contributed by atoms with van der Waals surface area (Å²) in [6.45, 7) is 14.6. The average Bonchev–Trinajstić information content (AvgIpc) is 1.31. The SMILES string of the molecule is CCN(CC)c1ccc2c(-c3ccc(S(=O)(=O)CCCCCCCCCCCCNC(=O)NCCCC[C@H](NC(=O)Cc4csc(=N)n4C)C(=O)N[C@@H](Cc4c[n+](Cc5ccccc5)cn4C)C(=O)NC4CCN(C)CC4)cc3S(=O)(=O)O)c3ccc(=[N+](CC)CC)cc-3oc2c1. The van der Waals surface area contributed by atoms with E-state index >= 15 is 0 Å². The first-order chi connectivity index (χ1) is 46.6. The summed E-state index contributed by atoms with van der Waals surface area (Å²) in [6.07, 6.45) is 15.8. The highest BCUT2D eigenvalue weighted by Crippen LogP contribution is 2.44. The molecule has 4 heterocycles.